The maximum Gasteiger partial charge on any atom is 0.274 e. The molecule has 3 rings (SSSR count). The molecule has 1 aromatic heterocycles. The van der Waals surface area contributed by atoms with E-state index in [1.807, 2.05) is 42.5 Å². The SMILES string of the molecule is O=C(Nc1ccccc1Cl)c1cncn1-c1ccccc1. The van der Waals surface area contributed by atoms with Crippen LogP contribution in [0.2, 0.25) is 5.02 Å². The summed E-state index contributed by atoms with van der Waals surface area (Å²) >= 11 is 6.05. The topological polar surface area (TPSA) is 46.9 Å². The number of carbonyl (C=O) groups excluding carboxylic acids is 1. The second kappa shape index (κ2) is 5.81. The van der Waals surface area contributed by atoms with Crippen LogP contribution in [-0.4, -0.2) is 15.5 Å². The molecule has 0 aliphatic carbocycles. The Bertz CT molecular complexity index is 768. The number of anilines is 1. The number of para-hydroxylation sites is 2. The predicted molar refractivity (Wildman–Crippen MR) is 83.0 cm³/mol. The lowest BCUT2D eigenvalue weighted by atomic mass is 10.3. The van der Waals surface area contributed by atoms with Gasteiger partial charge in [-0.1, -0.05) is 41.9 Å². The maximum absolute atomic E-state index is 12.4. The predicted octanol–water partition coefficient (Wildman–Crippen LogP) is 3.78. The van der Waals surface area contributed by atoms with Crippen LogP contribution in [-0.2, 0) is 0 Å². The fourth-order valence-electron chi connectivity index (χ4n) is 2.01. The molecular weight excluding hydrogens is 286 g/mol. The van der Waals surface area contributed by atoms with Crippen LogP contribution < -0.4 is 5.32 Å². The van der Waals surface area contributed by atoms with E-state index in [-0.39, 0.29) is 5.91 Å². The molecule has 0 unspecified atom stereocenters. The van der Waals surface area contributed by atoms with Gasteiger partial charge < -0.3 is 5.32 Å². The highest BCUT2D eigenvalue weighted by molar-refractivity contribution is 6.33. The van der Waals surface area contributed by atoms with Gasteiger partial charge in [-0.3, -0.25) is 9.36 Å². The molecule has 0 bridgehead atoms. The summed E-state index contributed by atoms with van der Waals surface area (Å²) in [4.78, 5) is 16.4. The van der Waals surface area contributed by atoms with E-state index in [1.165, 1.54) is 6.20 Å². The molecule has 0 saturated heterocycles. The van der Waals surface area contributed by atoms with Crippen molar-refractivity contribution in [3.05, 3.63) is 77.8 Å². The zero-order chi connectivity index (χ0) is 14.7. The number of imidazole rings is 1. The third-order valence-corrected chi connectivity index (χ3v) is 3.36. The van der Waals surface area contributed by atoms with E-state index >= 15 is 0 Å². The van der Waals surface area contributed by atoms with Gasteiger partial charge in [-0.2, -0.15) is 0 Å². The number of hydrogen-bond acceptors (Lipinski definition) is 2. The number of halogens is 1. The Morgan fingerprint density at radius 3 is 2.52 bits per heavy atom. The lowest BCUT2D eigenvalue weighted by molar-refractivity contribution is 0.102. The van der Waals surface area contributed by atoms with E-state index in [2.05, 4.69) is 10.3 Å². The van der Waals surface area contributed by atoms with Gasteiger partial charge in [0, 0.05) is 5.69 Å². The minimum Gasteiger partial charge on any atom is -0.319 e. The first-order valence-corrected chi connectivity index (χ1v) is 6.77. The highest BCUT2D eigenvalue weighted by atomic mass is 35.5. The monoisotopic (exact) mass is 297 g/mol. The highest BCUT2D eigenvalue weighted by Crippen LogP contribution is 2.21. The van der Waals surface area contributed by atoms with Crippen molar-refractivity contribution in [3.8, 4) is 5.69 Å². The van der Waals surface area contributed by atoms with Crippen LogP contribution in [0.1, 0.15) is 10.5 Å². The second-order valence-corrected chi connectivity index (χ2v) is 4.83. The molecule has 1 amide bonds. The van der Waals surface area contributed by atoms with Crippen molar-refractivity contribution in [2.24, 2.45) is 0 Å². The molecule has 0 radical (unpaired) electrons. The molecular formula is C16H12ClN3O. The standard InChI is InChI=1S/C16H12ClN3O/c17-13-8-4-5-9-14(13)19-16(21)15-10-18-11-20(15)12-6-2-1-3-7-12/h1-11H,(H,19,21). The average molecular weight is 298 g/mol. The smallest absolute Gasteiger partial charge is 0.274 e. The third kappa shape index (κ3) is 2.80. The van der Waals surface area contributed by atoms with Crippen molar-refractivity contribution < 1.29 is 4.79 Å². The van der Waals surface area contributed by atoms with Crippen molar-refractivity contribution in [1.29, 1.82) is 0 Å². The number of nitrogens with one attached hydrogen (secondary N) is 1. The first-order chi connectivity index (χ1) is 10.3. The van der Waals surface area contributed by atoms with Crippen molar-refractivity contribution in [3.63, 3.8) is 0 Å². The van der Waals surface area contributed by atoms with E-state index in [4.69, 9.17) is 11.6 Å². The van der Waals surface area contributed by atoms with Gasteiger partial charge in [0.25, 0.3) is 5.91 Å². The van der Waals surface area contributed by atoms with Crippen molar-refractivity contribution in [1.82, 2.24) is 9.55 Å². The normalized spacial score (nSPS) is 10.3. The first-order valence-electron chi connectivity index (χ1n) is 6.39. The van der Waals surface area contributed by atoms with Crippen molar-refractivity contribution in [2.45, 2.75) is 0 Å². The van der Waals surface area contributed by atoms with Crippen molar-refractivity contribution in [2.75, 3.05) is 5.32 Å². The lowest BCUT2D eigenvalue weighted by Crippen LogP contribution is -2.16. The Kier molecular flexibility index (Phi) is 3.71. The quantitative estimate of drug-likeness (QED) is 0.800. The summed E-state index contributed by atoms with van der Waals surface area (Å²) in [6.45, 7) is 0. The fourth-order valence-corrected chi connectivity index (χ4v) is 2.19. The maximum atomic E-state index is 12.4. The molecule has 5 heteroatoms. The van der Waals surface area contributed by atoms with E-state index in [9.17, 15) is 4.79 Å². The molecule has 0 spiro atoms. The summed E-state index contributed by atoms with van der Waals surface area (Å²) in [5, 5.41) is 3.29. The van der Waals surface area contributed by atoms with Crippen LogP contribution in [0, 0.1) is 0 Å². The molecule has 1 heterocycles. The first kappa shape index (κ1) is 13.4. The summed E-state index contributed by atoms with van der Waals surface area (Å²) in [5.74, 6) is -0.260. The number of amides is 1. The summed E-state index contributed by atoms with van der Waals surface area (Å²) in [6, 6.07) is 16.7. The Morgan fingerprint density at radius 1 is 1.05 bits per heavy atom. The Hall–Kier alpha value is -2.59. The zero-order valence-electron chi connectivity index (χ0n) is 11.0. The van der Waals surface area contributed by atoms with Gasteiger partial charge >= 0.3 is 0 Å². The highest BCUT2D eigenvalue weighted by Gasteiger charge is 2.14. The summed E-state index contributed by atoms with van der Waals surface area (Å²) in [5.41, 5.74) is 1.89. The van der Waals surface area contributed by atoms with Gasteiger partial charge in [-0.05, 0) is 24.3 Å². The minimum atomic E-state index is -0.260. The summed E-state index contributed by atoms with van der Waals surface area (Å²) in [6.07, 6.45) is 3.13. The molecule has 3 aromatic rings. The number of nitrogens with zero attached hydrogens (tertiary/aromatic N) is 2. The number of benzene rings is 2. The molecule has 0 fully saturated rings. The van der Waals surface area contributed by atoms with E-state index in [1.54, 1.807) is 23.0 Å². The van der Waals surface area contributed by atoms with Gasteiger partial charge in [0.2, 0.25) is 0 Å². The molecule has 2 aromatic carbocycles. The van der Waals surface area contributed by atoms with Crippen LogP contribution in [0.5, 0.6) is 0 Å². The molecule has 0 aliphatic rings. The van der Waals surface area contributed by atoms with Gasteiger partial charge in [-0.25, -0.2) is 4.98 Å². The number of hydrogen-bond donors (Lipinski definition) is 1. The van der Waals surface area contributed by atoms with Gasteiger partial charge in [0.05, 0.1) is 23.2 Å². The Labute approximate surface area is 127 Å². The van der Waals surface area contributed by atoms with Gasteiger partial charge in [0.15, 0.2) is 0 Å². The van der Waals surface area contributed by atoms with Gasteiger partial charge in [-0.15, -0.1) is 0 Å². The zero-order valence-corrected chi connectivity index (χ0v) is 11.8. The average Bonchev–Trinajstić information content (AvgIpc) is 3.00. The number of aromatic nitrogens is 2. The molecule has 0 aliphatic heterocycles. The third-order valence-electron chi connectivity index (χ3n) is 3.03. The number of rotatable bonds is 3. The lowest BCUT2D eigenvalue weighted by Gasteiger charge is -2.09. The van der Waals surface area contributed by atoms with Crippen LogP contribution in [0.4, 0.5) is 5.69 Å². The molecule has 1 N–H and O–H groups in total. The Morgan fingerprint density at radius 2 is 1.76 bits per heavy atom. The largest absolute Gasteiger partial charge is 0.319 e. The fraction of sp³-hybridized carbons (Fsp3) is 0. The molecule has 0 atom stereocenters. The summed E-state index contributed by atoms with van der Waals surface area (Å²) in [7, 11) is 0. The van der Waals surface area contributed by atoms with Crippen molar-refractivity contribution >= 4 is 23.2 Å². The second-order valence-electron chi connectivity index (χ2n) is 4.42. The minimum absolute atomic E-state index is 0.260. The van der Waals surface area contributed by atoms with E-state index < -0.39 is 0 Å². The molecule has 21 heavy (non-hydrogen) atoms. The molecule has 4 nitrogen and oxygen atoms in total. The molecule has 104 valence electrons. The Balaban J connectivity index is 1.90. The van der Waals surface area contributed by atoms with Gasteiger partial charge in [0.1, 0.15) is 5.69 Å². The van der Waals surface area contributed by atoms with Crippen LogP contribution in [0.3, 0.4) is 0 Å². The van der Waals surface area contributed by atoms with Crippen LogP contribution in [0.25, 0.3) is 5.69 Å². The van der Waals surface area contributed by atoms with E-state index in [0.29, 0.717) is 16.4 Å². The van der Waals surface area contributed by atoms with Crippen LogP contribution >= 0.6 is 11.6 Å². The van der Waals surface area contributed by atoms with Crippen LogP contribution in [0.15, 0.2) is 67.1 Å². The number of carbonyl (C=O) groups is 1. The molecule has 0 saturated carbocycles. The summed E-state index contributed by atoms with van der Waals surface area (Å²) < 4.78 is 1.73. The van der Waals surface area contributed by atoms with E-state index in [0.717, 1.165) is 5.69 Å².